The second-order valence-corrected chi connectivity index (χ2v) is 8.86. The summed E-state index contributed by atoms with van der Waals surface area (Å²) in [5.41, 5.74) is 6.91. The first-order valence-corrected chi connectivity index (χ1v) is 10.9. The van der Waals surface area contributed by atoms with E-state index in [2.05, 4.69) is 10.1 Å². The van der Waals surface area contributed by atoms with Crippen LogP contribution >= 0.6 is 23.2 Å². The van der Waals surface area contributed by atoms with Gasteiger partial charge in [0.1, 0.15) is 0 Å². The molecule has 1 aromatic heterocycles. The van der Waals surface area contributed by atoms with Crippen molar-refractivity contribution in [2.45, 2.75) is 10.8 Å². The number of amidine groups is 1. The van der Waals surface area contributed by atoms with Gasteiger partial charge < -0.3 is 10.6 Å². The van der Waals surface area contributed by atoms with Crippen molar-refractivity contribution in [2.75, 3.05) is 0 Å². The van der Waals surface area contributed by atoms with Gasteiger partial charge in [0.15, 0.2) is 20.7 Å². The maximum atomic E-state index is 12.5. The molecule has 0 amide bonds. The third kappa shape index (κ3) is 5.35. The van der Waals surface area contributed by atoms with Crippen LogP contribution in [0.5, 0.6) is 0 Å². The van der Waals surface area contributed by atoms with Crippen molar-refractivity contribution in [2.24, 2.45) is 10.9 Å². The van der Waals surface area contributed by atoms with Gasteiger partial charge in [0.05, 0.1) is 21.4 Å². The van der Waals surface area contributed by atoms with Gasteiger partial charge in [-0.15, -0.1) is 0 Å². The molecule has 0 unspecified atom stereocenters. The first-order chi connectivity index (χ1) is 14.3. The second-order valence-electron chi connectivity index (χ2n) is 6.11. The Bertz CT molecular complexity index is 1220. The van der Waals surface area contributed by atoms with E-state index in [0.717, 1.165) is 0 Å². The van der Waals surface area contributed by atoms with E-state index in [1.54, 1.807) is 36.4 Å². The Labute approximate surface area is 183 Å². The molecule has 0 saturated carbocycles. The van der Waals surface area contributed by atoms with Gasteiger partial charge in [0, 0.05) is 11.8 Å². The third-order valence-electron chi connectivity index (χ3n) is 3.92. The molecule has 2 N–H and O–H groups in total. The Balaban J connectivity index is 1.74. The molecule has 0 aliphatic heterocycles. The van der Waals surface area contributed by atoms with Crippen LogP contribution in [0.4, 0.5) is 0 Å². The lowest BCUT2D eigenvalue weighted by atomic mass is 10.1. The number of carbonyl (C=O) groups is 1. The molecule has 1 heterocycles. The molecule has 10 heteroatoms. The minimum atomic E-state index is -3.63. The summed E-state index contributed by atoms with van der Waals surface area (Å²) in [5, 5.41) is 4.10. The smallest absolute Gasteiger partial charge is 0.365 e. The van der Waals surface area contributed by atoms with Gasteiger partial charge >= 0.3 is 5.97 Å². The summed E-state index contributed by atoms with van der Waals surface area (Å²) in [6, 6.07) is 15.3. The number of hydrogen-bond donors (Lipinski definition) is 1. The van der Waals surface area contributed by atoms with Crippen molar-refractivity contribution in [3.63, 3.8) is 0 Å². The van der Waals surface area contributed by atoms with E-state index in [1.807, 2.05) is 0 Å². The van der Waals surface area contributed by atoms with Crippen molar-refractivity contribution >= 4 is 44.8 Å². The van der Waals surface area contributed by atoms with Crippen molar-refractivity contribution in [1.29, 1.82) is 0 Å². The molecule has 2 aromatic carbocycles. The summed E-state index contributed by atoms with van der Waals surface area (Å²) in [7, 11) is -3.63. The first-order valence-electron chi connectivity index (χ1n) is 8.49. The highest BCUT2D eigenvalue weighted by atomic mass is 35.5. The van der Waals surface area contributed by atoms with E-state index < -0.39 is 15.8 Å². The van der Waals surface area contributed by atoms with Crippen molar-refractivity contribution in [1.82, 2.24) is 4.98 Å². The SMILES string of the molecule is NC(=NOC(=O)c1ccc(Cl)c(Cl)c1)c1cccc(CS(=O)(=O)c2ccccn2)c1. The molecular formula is C20H15Cl2N3O4S. The lowest BCUT2D eigenvalue weighted by Gasteiger charge is -2.06. The summed E-state index contributed by atoms with van der Waals surface area (Å²) >= 11 is 11.7. The molecule has 0 atom stereocenters. The zero-order valence-corrected chi connectivity index (χ0v) is 17.7. The Morgan fingerprint density at radius 2 is 1.80 bits per heavy atom. The number of nitrogens with two attached hydrogens (primary N) is 1. The fraction of sp³-hybridized carbons (Fsp3) is 0.0500. The number of hydrogen-bond acceptors (Lipinski definition) is 6. The first kappa shape index (κ1) is 21.8. The highest BCUT2D eigenvalue weighted by Gasteiger charge is 2.17. The molecule has 0 fully saturated rings. The van der Waals surface area contributed by atoms with Crippen LogP contribution < -0.4 is 5.73 Å². The monoisotopic (exact) mass is 463 g/mol. The van der Waals surface area contributed by atoms with Crippen LogP contribution in [0.15, 0.2) is 77.0 Å². The Morgan fingerprint density at radius 1 is 1.00 bits per heavy atom. The Kier molecular flexibility index (Phi) is 6.71. The fourth-order valence-corrected chi connectivity index (χ4v) is 4.04. The van der Waals surface area contributed by atoms with E-state index in [4.69, 9.17) is 33.8 Å². The van der Waals surface area contributed by atoms with Crippen LogP contribution in [-0.4, -0.2) is 25.2 Å². The number of oxime groups is 1. The molecular weight excluding hydrogens is 449 g/mol. The van der Waals surface area contributed by atoms with Gasteiger partial charge in [0.2, 0.25) is 0 Å². The van der Waals surface area contributed by atoms with Gasteiger partial charge in [-0.2, -0.15) is 0 Å². The summed E-state index contributed by atoms with van der Waals surface area (Å²) in [5.74, 6) is -1.14. The Morgan fingerprint density at radius 3 is 2.50 bits per heavy atom. The average molecular weight is 464 g/mol. The number of sulfone groups is 1. The topological polar surface area (TPSA) is 112 Å². The number of nitrogens with zero attached hydrogens (tertiary/aromatic N) is 2. The molecule has 0 aliphatic carbocycles. The number of aromatic nitrogens is 1. The standard InChI is InChI=1S/C20H15Cl2N3O4S/c21-16-8-7-15(11-17(16)22)20(26)29-25-19(23)14-5-3-4-13(10-14)12-30(27,28)18-6-1-2-9-24-18/h1-11H,12H2,(H2,23,25). The van der Waals surface area contributed by atoms with E-state index in [1.165, 1.54) is 30.5 Å². The van der Waals surface area contributed by atoms with Crippen molar-refractivity contribution < 1.29 is 18.0 Å². The summed E-state index contributed by atoms with van der Waals surface area (Å²) in [4.78, 5) is 20.8. The number of carbonyl (C=O) groups excluding carboxylic acids is 1. The zero-order valence-electron chi connectivity index (χ0n) is 15.3. The van der Waals surface area contributed by atoms with E-state index in [9.17, 15) is 13.2 Å². The zero-order chi connectivity index (χ0) is 21.7. The summed E-state index contributed by atoms with van der Waals surface area (Å²) < 4.78 is 25.0. The molecule has 0 saturated heterocycles. The predicted molar refractivity (Wildman–Crippen MR) is 114 cm³/mol. The molecule has 0 radical (unpaired) electrons. The summed E-state index contributed by atoms with van der Waals surface area (Å²) in [6.45, 7) is 0. The lowest BCUT2D eigenvalue weighted by Crippen LogP contribution is -2.16. The van der Waals surface area contributed by atoms with Gasteiger partial charge in [-0.1, -0.05) is 52.6 Å². The van der Waals surface area contributed by atoms with Crippen LogP contribution in [0, 0.1) is 0 Å². The number of benzene rings is 2. The van der Waals surface area contributed by atoms with Crippen LogP contribution in [-0.2, 0) is 20.4 Å². The highest BCUT2D eigenvalue weighted by molar-refractivity contribution is 7.90. The van der Waals surface area contributed by atoms with Gasteiger partial charge in [0.25, 0.3) is 0 Å². The largest absolute Gasteiger partial charge is 0.380 e. The van der Waals surface area contributed by atoms with Gasteiger partial charge in [-0.3, -0.25) is 0 Å². The minimum absolute atomic E-state index is 0.0207. The van der Waals surface area contributed by atoms with Crippen molar-refractivity contribution in [3.05, 3.63) is 93.6 Å². The molecule has 30 heavy (non-hydrogen) atoms. The molecule has 154 valence electrons. The molecule has 7 nitrogen and oxygen atoms in total. The predicted octanol–water partition coefficient (Wildman–Crippen LogP) is 3.84. The Hall–Kier alpha value is -2.94. The average Bonchev–Trinajstić information content (AvgIpc) is 2.74. The maximum absolute atomic E-state index is 12.5. The van der Waals surface area contributed by atoms with E-state index in [-0.39, 0.29) is 27.2 Å². The molecule has 0 bridgehead atoms. The molecule has 3 aromatic rings. The van der Waals surface area contributed by atoms with Crippen LogP contribution in [0.3, 0.4) is 0 Å². The molecule has 0 aliphatic rings. The lowest BCUT2D eigenvalue weighted by molar-refractivity contribution is 0.0516. The second kappa shape index (κ2) is 9.25. The van der Waals surface area contributed by atoms with Crippen LogP contribution in [0.25, 0.3) is 0 Å². The van der Waals surface area contributed by atoms with Crippen LogP contribution in [0.1, 0.15) is 21.5 Å². The van der Waals surface area contributed by atoms with E-state index in [0.29, 0.717) is 16.1 Å². The highest BCUT2D eigenvalue weighted by Crippen LogP contribution is 2.23. The van der Waals surface area contributed by atoms with E-state index >= 15 is 0 Å². The number of pyridine rings is 1. The number of halogens is 2. The van der Waals surface area contributed by atoms with Crippen LogP contribution in [0.2, 0.25) is 10.0 Å². The summed E-state index contributed by atoms with van der Waals surface area (Å²) in [6.07, 6.45) is 1.41. The van der Waals surface area contributed by atoms with Gasteiger partial charge in [-0.25, -0.2) is 18.2 Å². The third-order valence-corrected chi connectivity index (χ3v) is 6.25. The number of rotatable bonds is 6. The minimum Gasteiger partial charge on any atom is -0.380 e. The quantitative estimate of drug-likeness (QED) is 0.257. The molecule has 3 rings (SSSR count). The van der Waals surface area contributed by atoms with Crippen molar-refractivity contribution in [3.8, 4) is 0 Å². The normalized spacial score (nSPS) is 11.9. The maximum Gasteiger partial charge on any atom is 0.365 e. The fourth-order valence-electron chi connectivity index (χ4n) is 2.46. The molecule has 0 spiro atoms. The van der Waals surface area contributed by atoms with Gasteiger partial charge in [-0.05, 0) is 42.0 Å².